The maximum absolute atomic E-state index is 12.9. The van der Waals surface area contributed by atoms with Crippen molar-refractivity contribution < 1.29 is 4.39 Å². The van der Waals surface area contributed by atoms with E-state index >= 15 is 0 Å². The smallest absolute Gasteiger partial charge is 0.124 e. The first-order valence-corrected chi connectivity index (χ1v) is 6.28. The van der Waals surface area contributed by atoms with Crippen LogP contribution in [0.5, 0.6) is 0 Å². The Hall–Kier alpha value is -0.760. The quantitative estimate of drug-likeness (QED) is 0.823. The van der Waals surface area contributed by atoms with Gasteiger partial charge in [-0.2, -0.15) is 0 Å². The van der Waals surface area contributed by atoms with Gasteiger partial charge in [-0.15, -0.1) is 0 Å². The van der Waals surface area contributed by atoms with Gasteiger partial charge in [0, 0.05) is 6.04 Å². The number of rotatable bonds is 3. The summed E-state index contributed by atoms with van der Waals surface area (Å²) in [6, 6.07) is 5.01. The van der Waals surface area contributed by atoms with Gasteiger partial charge in [0.2, 0.25) is 0 Å². The highest BCUT2D eigenvalue weighted by Gasteiger charge is 2.23. The largest absolute Gasteiger partial charge is 0.381 e. The molecule has 2 unspecified atom stereocenters. The monoisotopic (exact) mass is 241 g/mol. The van der Waals surface area contributed by atoms with Crippen LogP contribution in [0.3, 0.4) is 0 Å². The molecule has 1 nitrogen and oxygen atoms in total. The van der Waals surface area contributed by atoms with E-state index in [9.17, 15) is 4.39 Å². The fraction of sp³-hybridized carbons (Fsp3) is 0.538. The second kappa shape index (κ2) is 5.05. The van der Waals surface area contributed by atoms with Crippen molar-refractivity contribution >= 4 is 17.3 Å². The maximum Gasteiger partial charge on any atom is 0.124 e. The van der Waals surface area contributed by atoms with Crippen LogP contribution in [0.25, 0.3) is 0 Å². The minimum absolute atomic E-state index is 0.284. The number of anilines is 1. The summed E-state index contributed by atoms with van der Waals surface area (Å²) in [5, 5.41) is 3.87. The molecule has 1 N–H and O–H groups in total. The van der Waals surface area contributed by atoms with Crippen LogP contribution in [-0.4, -0.2) is 6.04 Å². The van der Waals surface area contributed by atoms with Crippen molar-refractivity contribution in [3.05, 3.63) is 29.0 Å². The molecule has 3 heteroatoms. The minimum Gasteiger partial charge on any atom is -0.381 e. The molecule has 1 aliphatic rings. The van der Waals surface area contributed by atoms with Crippen molar-refractivity contribution in [3.63, 3.8) is 0 Å². The molecule has 0 radical (unpaired) electrons. The molecule has 1 saturated carbocycles. The highest BCUT2D eigenvalue weighted by atomic mass is 35.5. The summed E-state index contributed by atoms with van der Waals surface area (Å²) in [5.41, 5.74) is 0.852. The van der Waals surface area contributed by atoms with Crippen LogP contribution in [0.1, 0.15) is 32.6 Å². The number of benzene rings is 1. The van der Waals surface area contributed by atoms with E-state index in [1.165, 1.54) is 37.8 Å². The Labute approximate surface area is 101 Å². The third-order valence-corrected chi connectivity index (χ3v) is 3.72. The van der Waals surface area contributed by atoms with Crippen molar-refractivity contribution in [2.45, 2.75) is 38.6 Å². The fourth-order valence-electron chi connectivity index (χ4n) is 2.40. The third-order valence-electron chi connectivity index (χ3n) is 3.41. The van der Waals surface area contributed by atoms with Gasteiger partial charge in [-0.1, -0.05) is 24.9 Å². The van der Waals surface area contributed by atoms with E-state index in [4.69, 9.17) is 11.6 Å². The van der Waals surface area contributed by atoms with Crippen molar-refractivity contribution in [2.75, 3.05) is 5.32 Å². The molecule has 1 fully saturated rings. The highest BCUT2D eigenvalue weighted by molar-refractivity contribution is 6.33. The molecule has 2 atom stereocenters. The lowest BCUT2D eigenvalue weighted by Crippen LogP contribution is -2.15. The van der Waals surface area contributed by atoms with Gasteiger partial charge in [-0.05, 0) is 43.4 Å². The minimum atomic E-state index is -0.284. The fourth-order valence-corrected chi connectivity index (χ4v) is 2.63. The average molecular weight is 242 g/mol. The molecular formula is C13H17ClFN. The standard InChI is InChI=1S/C13H17ClFN/c1-2-9-3-5-11(7-9)16-13-6-4-10(15)8-12(13)14/h4,6,8-9,11,16H,2-3,5,7H2,1H3. The molecule has 1 aromatic rings. The highest BCUT2D eigenvalue weighted by Crippen LogP contribution is 2.32. The zero-order valence-corrected chi connectivity index (χ0v) is 10.2. The molecule has 0 saturated heterocycles. The van der Waals surface area contributed by atoms with Crippen LogP contribution >= 0.6 is 11.6 Å². The molecule has 0 aromatic heterocycles. The molecule has 1 aromatic carbocycles. The number of nitrogens with one attached hydrogen (secondary N) is 1. The zero-order valence-electron chi connectivity index (χ0n) is 9.47. The summed E-state index contributed by atoms with van der Waals surface area (Å²) in [5.74, 6) is 0.546. The Morgan fingerprint density at radius 2 is 2.25 bits per heavy atom. The van der Waals surface area contributed by atoms with E-state index < -0.39 is 0 Å². The van der Waals surface area contributed by atoms with Gasteiger partial charge < -0.3 is 5.32 Å². The summed E-state index contributed by atoms with van der Waals surface area (Å²) in [4.78, 5) is 0. The Morgan fingerprint density at radius 1 is 1.44 bits per heavy atom. The first-order valence-electron chi connectivity index (χ1n) is 5.90. The van der Waals surface area contributed by atoms with Gasteiger partial charge in [0.25, 0.3) is 0 Å². The summed E-state index contributed by atoms with van der Waals surface area (Å²) in [6.07, 6.45) is 4.92. The van der Waals surface area contributed by atoms with Crippen molar-refractivity contribution in [3.8, 4) is 0 Å². The van der Waals surface area contributed by atoms with E-state index in [2.05, 4.69) is 12.2 Å². The van der Waals surface area contributed by atoms with Crippen LogP contribution in [-0.2, 0) is 0 Å². The lowest BCUT2D eigenvalue weighted by atomic mass is 10.1. The van der Waals surface area contributed by atoms with Gasteiger partial charge >= 0.3 is 0 Å². The normalized spacial score (nSPS) is 24.7. The Balaban J connectivity index is 1.99. The third kappa shape index (κ3) is 2.67. The lowest BCUT2D eigenvalue weighted by Gasteiger charge is -2.15. The van der Waals surface area contributed by atoms with E-state index in [0.717, 1.165) is 11.6 Å². The molecule has 2 rings (SSSR count). The predicted octanol–water partition coefficient (Wildman–Crippen LogP) is 4.47. The van der Waals surface area contributed by atoms with Crippen LogP contribution in [0, 0.1) is 11.7 Å². The molecule has 1 aliphatic carbocycles. The lowest BCUT2D eigenvalue weighted by molar-refractivity contribution is 0.525. The number of halogens is 2. The van der Waals surface area contributed by atoms with E-state index in [1.807, 2.05) is 0 Å². The Kier molecular flexibility index (Phi) is 3.70. The first-order chi connectivity index (χ1) is 7.69. The maximum atomic E-state index is 12.9. The molecule has 88 valence electrons. The molecule has 0 bridgehead atoms. The van der Waals surface area contributed by atoms with Crippen molar-refractivity contribution in [2.24, 2.45) is 5.92 Å². The Bertz CT molecular complexity index is 367. The Morgan fingerprint density at radius 3 is 2.88 bits per heavy atom. The van der Waals surface area contributed by atoms with Gasteiger partial charge in [0.05, 0.1) is 10.7 Å². The molecule has 0 aliphatic heterocycles. The van der Waals surface area contributed by atoms with E-state index in [-0.39, 0.29) is 5.82 Å². The van der Waals surface area contributed by atoms with Crippen molar-refractivity contribution in [1.29, 1.82) is 0 Å². The van der Waals surface area contributed by atoms with Gasteiger partial charge in [0.15, 0.2) is 0 Å². The van der Waals surface area contributed by atoms with E-state index in [1.54, 1.807) is 6.07 Å². The first kappa shape index (κ1) is 11.7. The number of hydrogen-bond acceptors (Lipinski definition) is 1. The predicted molar refractivity (Wildman–Crippen MR) is 66.5 cm³/mol. The van der Waals surface area contributed by atoms with Crippen LogP contribution in [0.15, 0.2) is 18.2 Å². The zero-order chi connectivity index (χ0) is 11.5. The van der Waals surface area contributed by atoms with Crippen LogP contribution in [0.4, 0.5) is 10.1 Å². The summed E-state index contributed by atoms with van der Waals surface area (Å²) in [7, 11) is 0. The van der Waals surface area contributed by atoms with E-state index in [0.29, 0.717) is 11.1 Å². The molecule has 0 amide bonds. The molecule has 0 spiro atoms. The van der Waals surface area contributed by atoms with Crippen molar-refractivity contribution in [1.82, 2.24) is 0 Å². The summed E-state index contributed by atoms with van der Waals surface area (Å²) >= 11 is 5.98. The van der Waals surface area contributed by atoms with Gasteiger partial charge in [0.1, 0.15) is 5.82 Å². The topological polar surface area (TPSA) is 12.0 Å². The van der Waals surface area contributed by atoms with Gasteiger partial charge in [-0.25, -0.2) is 4.39 Å². The molecular weight excluding hydrogens is 225 g/mol. The number of hydrogen-bond donors (Lipinski definition) is 1. The second-order valence-corrected chi connectivity index (χ2v) is 4.96. The molecule has 16 heavy (non-hydrogen) atoms. The summed E-state index contributed by atoms with van der Waals surface area (Å²) < 4.78 is 12.9. The van der Waals surface area contributed by atoms with Crippen LogP contribution < -0.4 is 5.32 Å². The average Bonchev–Trinajstić information content (AvgIpc) is 2.70. The molecule has 0 heterocycles. The van der Waals surface area contributed by atoms with Crippen LogP contribution in [0.2, 0.25) is 5.02 Å². The second-order valence-electron chi connectivity index (χ2n) is 4.55. The SMILES string of the molecule is CCC1CCC(Nc2ccc(F)cc2Cl)C1. The summed E-state index contributed by atoms with van der Waals surface area (Å²) in [6.45, 7) is 2.23. The van der Waals surface area contributed by atoms with Gasteiger partial charge in [-0.3, -0.25) is 0 Å².